The van der Waals surface area contributed by atoms with Gasteiger partial charge in [-0.15, -0.1) is 0 Å². The largest absolute Gasteiger partial charge is 0.490 e. The standard InChI is InChI=1S/C31H26O3/c1-3-30(32)34-21-20-33-25-18-16-24(17-19-25)31(23-14-12-22(2)13-15-23)28-10-6-4-8-26(28)27-9-5-7-11-29(27)31/h3-19H,1,20-21H2,2H3. The highest BCUT2D eigenvalue weighted by atomic mass is 16.6. The smallest absolute Gasteiger partial charge is 0.330 e. The molecule has 0 aromatic heterocycles. The van der Waals surface area contributed by atoms with Gasteiger partial charge in [-0.1, -0.05) is 97.1 Å². The average Bonchev–Trinajstić information content (AvgIpc) is 3.19. The van der Waals surface area contributed by atoms with Gasteiger partial charge in [0, 0.05) is 6.08 Å². The molecular formula is C31H26O3. The summed E-state index contributed by atoms with van der Waals surface area (Å²) in [4.78, 5) is 11.2. The summed E-state index contributed by atoms with van der Waals surface area (Å²) in [6.07, 6.45) is 1.15. The van der Waals surface area contributed by atoms with E-state index in [4.69, 9.17) is 9.47 Å². The van der Waals surface area contributed by atoms with Crippen molar-refractivity contribution < 1.29 is 14.3 Å². The lowest BCUT2D eigenvalue weighted by Gasteiger charge is -2.34. The van der Waals surface area contributed by atoms with E-state index in [1.807, 2.05) is 12.1 Å². The fourth-order valence-electron chi connectivity index (χ4n) is 4.99. The maximum Gasteiger partial charge on any atom is 0.330 e. The first kappa shape index (κ1) is 21.7. The summed E-state index contributed by atoms with van der Waals surface area (Å²) in [6, 6.07) is 34.5. The molecule has 0 saturated heterocycles. The summed E-state index contributed by atoms with van der Waals surface area (Å²) in [5, 5.41) is 0. The van der Waals surface area contributed by atoms with Gasteiger partial charge >= 0.3 is 5.97 Å². The third-order valence-corrected chi connectivity index (χ3v) is 6.49. The van der Waals surface area contributed by atoms with Crippen molar-refractivity contribution in [3.63, 3.8) is 0 Å². The van der Waals surface area contributed by atoms with E-state index in [2.05, 4.69) is 98.4 Å². The highest BCUT2D eigenvalue weighted by Crippen LogP contribution is 2.56. The normalized spacial score (nSPS) is 13.0. The summed E-state index contributed by atoms with van der Waals surface area (Å²) in [7, 11) is 0. The molecule has 0 N–H and O–H groups in total. The Kier molecular flexibility index (Phi) is 5.77. The molecule has 4 aromatic rings. The lowest BCUT2D eigenvalue weighted by molar-refractivity contribution is -0.138. The van der Waals surface area contributed by atoms with Crippen molar-refractivity contribution >= 4 is 5.97 Å². The van der Waals surface area contributed by atoms with Gasteiger partial charge in [0.25, 0.3) is 0 Å². The number of hydrogen-bond donors (Lipinski definition) is 0. The molecule has 1 aliphatic carbocycles. The molecule has 0 unspecified atom stereocenters. The van der Waals surface area contributed by atoms with E-state index in [0.717, 1.165) is 11.8 Å². The monoisotopic (exact) mass is 446 g/mol. The van der Waals surface area contributed by atoms with Crippen LogP contribution in [-0.2, 0) is 14.9 Å². The maximum atomic E-state index is 11.2. The number of carbonyl (C=O) groups excluding carboxylic acids is 1. The lowest BCUT2D eigenvalue weighted by atomic mass is 9.67. The Morgan fingerprint density at radius 3 is 1.85 bits per heavy atom. The van der Waals surface area contributed by atoms with Crippen LogP contribution >= 0.6 is 0 Å². The summed E-state index contributed by atoms with van der Waals surface area (Å²) in [5.74, 6) is 0.287. The molecule has 0 fully saturated rings. The molecule has 168 valence electrons. The van der Waals surface area contributed by atoms with Crippen LogP contribution in [0.1, 0.15) is 27.8 Å². The van der Waals surface area contributed by atoms with E-state index in [9.17, 15) is 4.79 Å². The molecule has 0 atom stereocenters. The van der Waals surface area contributed by atoms with E-state index in [1.165, 1.54) is 38.9 Å². The minimum Gasteiger partial charge on any atom is -0.490 e. The van der Waals surface area contributed by atoms with Crippen molar-refractivity contribution in [2.45, 2.75) is 12.3 Å². The Bertz CT molecular complexity index is 1290. The number of esters is 1. The van der Waals surface area contributed by atoms with Crippen molar-refractivity contribution in [1.82, 2.24) is 0 Å². The number of rotatable bonds is 7. The molecule has 0 radical (unpaired) electrons. The molecular weight excluding hydrogens is 420 g/mol. The molecule has 0 aliphatic heterocycles. The Morgan fingerprint density at radius 1 is 0.765 bits per heavy atom. The topological polar surface area (TPSA) is 35.5 Å². The lowest BCUT2D eigenvalue weighted by Crippen LogP contribution is -2.28. The van der Waals surface area contributed by atoms with Crippen LogP contribution in [0, 0.1) is 6.92 Å². The van der Waals surface area contributed by atoms with Crippen LogP contribution in [0.25, 0.3) is 11.1 Å². The second kappa shape index (κ2) is 9.03. The van der Waals surface area contributed by atoms with Crippen LogP contribution in [0.4, 0.5) is 0 Å². The van der Waals surface area contributed by atoms with Gasteiger partial charge in [-0.05, 0) is 52.4 Å². The average molecular weight is 447 g/mol. The predicted octanol–water partition coefficient (Wildman–Crippen LogP) is 6.47. The van der Waals surface area contributed by atoms with E-state index in [0.29, 0.717) is 0 Å². The van der Waals surface area contributed by atoms with Gasteiger partial charge in [-0.3, -0.25) is 0 Å². The van der Waals surface area contributed by atoms with Crippen LogP contribution in [0.5, 0.6) is 5.75 Å². The third kappa shape index (κ3) is 3.60. The minimum absolute atomic E-state index is 0.181. The van der Waals surface area contributed by atoms with E-state index >= 15 is 0 Å². The second-order valence-corrected chi connectivity index (χ2v) is 8.45. The molecule has 34 heavy (non-hydrogen) atoms. The summed E-state index contributed by atoms with van der Waals surface area (Å²) >= 11 is 0. The number of benzene rings is 4. The van der Waals surface area contributed by atoms with Crippen molar-refractivity contribution in [2.24, 2.45) is 0 Å². The van der Waals surface area contributed by atoms with Gasteiger partial charge in [0.1, 0.15) is 19.0 Å². The molecule has 3 nitrogen and oxygen atoms in total. The van der Waals surface area contributed by atoms with Crippen LogP contribution in [0.15, 0.2) is 110 Å². The first-order valence-corrected chi connectivity index (χ1v) is 11.4. The molecule has 3 heteroatoms. The number of fused-ring (bicyclic) bond motifs is 3. The van der Waals surface area contributed by atoms with Gasteiger partial charge in [-0.2, -0.15) is 0 Å². The number of aryl methyl sites for hydroxylation is 1. The molecule has 5 rings (SSSR count). The Labute approximate surface area is 200 Å². The third-order valence-electron chi connectivity index (χ3n) is 6.49. The second-order valence-electron chi connectivity index (χ2n) is 8.45. The van der Waals surface area contributed by atoms with E-state index in [-0.39, 0.29) is 13.2 Å². The van der Waals surface area contributed by atoms with Crippen LogP contribution in [0.2, 0.25) is 0 Å². The Balaban J connectivity index is 1.59. The number of hydrogen-bond acceptors (Lipinski definition) is 3. The number of carbonyl (C=O) groups is 1. The fraction of sp³-hybridized carbons (Fsp3) is 0.129. The maximum absolute atomic E-state index is 11.2. The molecule has 0 spiro atoms. The molecule has 0 heterocycles. The van der Waals surface area contributed by atoms with Crippen LogP contribution < -0.4 is 4.74 Å². The zero-order valence-electron chi connectivity index (χ0n) is 19.2. The van der Waals surface area contributed by atoms with Gasteiger partial charge in [0.2, 0.25) is 0 Å². The van der Waals surface area contributed by atoms with E-state index < -0.39 is 11.4 Å². The zero-order valence-corrected chi connectivity index (χ0v) is 19.2. The number of ether oxygens (including phenoxy) is 2. The summed E-state index contributed by atoms with van der Waals surface area (Å²) < 4.78 is 10.8. The molecule has 4 aromatic carbocycles. The van der Waals surface area contributed by atoms with Crippen molar-refractivity contribution in [2.75, 3.05) is 13.2 Å². The molecule has 1 aliphatic rings. The molecule has 0 amide bonds. The van der Waals surface area contributed by atoms with Crippen LogP contribution in [-0.4, -0.2) is 19.2 Å². The fourth-order valence-corrected chi connectivity index (χ4v) is 4.99. The van der Waals surface area contributed by atoms with Crippen LogP contribution in [0.3, 0.4) is 0 Å². The van der Waals surface area contributed by atoms with Gasteiger partial charge in [0.15, 0.2) is 0 Å². The highest BCUT2D eigenvalue weighted by molar-refractivity contribution is 5.86. The predicted molar refractivity (Wildman–Crippen MR) is 135 cm³/mol. The first-order valence-electron chi connectivity index (χ1n) is 11.4. The SMILES string of the molecule is C=CC(=O)OCCOc1ccc(C2(c3ccc(C)cc3)c3ccccc3-c3ccccc32)cc1. The van der Waals surface area contributed by atoms with Gasteiger partial charge in [0.05, 0.1) is 5.41 Å². The first-order chi connectivity index (χ1) is 16.6. The van der Waals surface area contributed by atoms with Gasteiger partial charge in [-0.25, -0.2) is 4.79 Å². The van der Waals surface area contributed by atoms with E-state index in [1.54, 1.807) is 0 Å². The molecule has 0 bridgehead atoms. The van der Waals surface area contributed by atoms with Crippen molar-refractivity contribution in [3.05, 3.63) is 138 Å². The van der Waals surface area contributed by atoms with Crippen molar-refractivity contribution in [1.29, 1.82) is 0 Å². The Hall–Kier alpha value is -4.11. The molecule has 0 saturated carbocycles. The van der Waals surface area contributed by atoms with Gasteiger partial charge < -0.3 is 9.47 Å². The minimum atomic E-state index is -0.447. The summed E-state index contributed by atoms with van der Waals surface area (Å²) in [5.41, 5.74) is 8.33. The Morgan fingerprint density at radius 2 is 1.29 bits per heavy atom. The quantitative estimate of drug-likeness (QED) is 0.163. The zero-order chi connectivity index (χ0) is 23.5. The summed E-state index contributed by atoms with van der Waals surface area (Å²) in [6.45, 7) is 5.98. The van der Waals surface area contributed by atoms with Crippen molar-refractivity contribution in [3.8, 4) is 16.9 Å². The highest BCUT2D eigenvalue weighted by Gasteiger charge is 2.45.